The van der Waals surface area contributed by atoms with Gasteiger partial charge in [-0.15, -0.1) is 0 Å². The second-order valence-electron chi connectivity index (χ2n) is 5.49. The third-order valence-corrected chi connectivity index (χ3v) is 3.82. The monoisotopic (exact) mass is 290 g/mol. The number of aliphatic hydroxyl groups excluding tert-OH is 1. The van der Waals surface area contributed by atoms with Crippen molar-refractivity contribution in [2.24, 2.45) is 0 Å². The van der Waals surface area contributed by atoms with E-state index in [1.54, 1.807) is 7.05 Å². The van der Waals surface area contributed by atoms with Crippen LogP contribution in [0.1, 0.15) is 30.6 Å². The zero-order valence-electron chi connectivity index (χ0n) is 12.6. The van der Waals surface area contributed by atoms with E-state index in [2.05, 4.69) is 6.92 Å². The van der Waals surface area contributed by atoms with E-state index < -0.39 is 17.9 Å². The molecule has 5 nitrogen and oxygen atoms in total. The molecule has 21 heavy (non-hydrogen) atoms. The van der Waals surface area contributed by atoms with Crippen molar-refractivity contribution in [3.8, 4) is 0 Å². The van der Waals surface area contributed by atoms with Crippen LogP contribution in [-0.2, 0) is 16.0 Å². The van der Waals surface area contributed by atoms with Crippen LogP contribution in [0.5, 0.6) is 0 Å². The fourth-order valence-corrected chi connectivity index (χ4v) is 2.46. The molecule has 0 radical (unpaired) electrons. The average molecular weight is 290 g/mol. The van der Waals surface area contributed by atoms with Crippen LogP contribution in [0.25, 0.3) is 0 Å². The summed E-state index contributed by atoms with van der Waals surface area (Å²) in [7, 11) is 1.61. The first-order chi connectivity index (χ1) is 10.0. The number of carbonyl (C=O) groups excluding carboxylic acids is 2. The van der Waals surface area contributed by atoms with E-state index in [-0.39, 0.29) is 6.54 Å². The Morgan fingerprint density at radius 1 is 1.14 bits per heavy atom. The van der Waals surface area contributed by atoms with Crippen LogP contribution in [-0.4, -0.2) is 53.4 Å². The summed E-state index contributed by atoms with van der Waals surface area (Å²) in [6, 6.07) is 7.77. The van der Waals surface area contributed by atoms with Crippen molar-refractivity contribution < 1.29 is 14.7 Å². The minimum atomic E-state index is -0.763. The number of β-amino-alcohol motifs (C(OH)–C–C–N with tert-alkyl or cyclic N) is 1. The fraction of sp³-hybridized carbons (Fsp3) is 0.500. The van der Waals surface area contributed by atoms with Gasteiger partial charge in [-0.25, -0.2) is 0 Å². The molecule has 1 saturated heterocycles. The highest BCUT2D eigenvalue weighted by Crippen LogP contribution is 2.17. The lowest BCUT2D eigenvalue weighted by Crippen LogP contribution is -2.53. The molecule has 1 aliphatic heterocycles. The highest BCUT2D eigenvalue weighted by molar-refractivity contribution is 6.35. The molecule has 0 aromatic heterocycles. The summed E-state index contributed by atoms with van der Waals surface area (Å²) < 4.78 is 0. The van der Waals surface area contributed by atoms with Crippen LogP contribution in [0.3, 0.4) is 0 Å². The molecule has 0 saturated carbocycles. The molecule has 0 bridgehead atoms. The summed E-state index contributed by atoms with van der Waals surface area (Å²) in [5, 5.41) is 10.2. The van der Waals surface area contributed by atoms with Gasteiger partial charge in [0, 0.05) is 20.1 Å². The minimum absolute atomic E-state index is 0.158. The largest absolute Gasteiger partial charge is 0.387 e. The Kier molecular flexibility index (Phi) is 4.96. The molecule has 1 unspecified atom stereocenters. The number of hydrogen-bond acceptors (Lipinski definition) is 3. The maximum atomic E-state index is 11.9. The summed E-state index contributed by atoms with van der Waals surface area (Å²) in [6.07, 6.45) is 1.34. The number of carbonyl (C=O) groups is 2. The Balaban J connectivity index is 1.99. The van der Waals surface area contributed by atoms with Gasteiger partial charge in [-0.1, -0.05) is 37.6 Å². The maximum absolute atomic E-state index is 11.9. The minimum Gasteiger partial charge on any atom is -0.387 e. The Labute approximate surface area is 125 Å². The zero-order valence-corrected chi connectivity index (χ0v) is 12.6. The Hall–Kier alpha value is -1.88. The van der Waals surface area contributed by atoms with Gasteiger partial charge in [0.05, 0.1) is 12.6 Å². The van der Waals surface area contributed by atoms with Crippen LogP contribution in [0, 0.1) is 0 Å². The molecule has 5 heteroatoms. The molecule has 1 atom stereocenters. The van der Waals surface area contributed by atoms with E-state index in [9.17, 15) is 14.7 Å². The van der Waals surface area contributed by atoms with E-state index in [1.165, 1.54) is 15.4 Å². The molecule has 2 rings (SSSR count). The molecule has 0 spiro atoms. The van der Waals surface area contributed by atoms with Gasteiger partial charge in [0.1, 0.15) is 0 Å². The Morgan fingerprint density at radius 3 is 2.43 bits per heavy atom. The van der Waals surface area contributed by atoms with E-state index in [0.717, 1.165) is 18.4 Å². The average Bonchev–Trinajstić information content (AvgIpc) is 2.49. The third kappa shape index (κ3) is 3.61. The van der Waals surface area contributed by atoms with E-state index in [1.807, 2.05) is 24.3 Å². The number of aryl methyl sites for hydroxylation is 1. The molecule has 1 heterocycles. The Morgan fingerprint density at radius 2 is 1.81 bits per heavy atom. The molecule has 114 valence electrons. The van der Waals surface area contributed by atoms with Gasteiger partial charge in [0.15, 0.2) is 0 Å². The number of aliphatic hydroxyl groups is 1. The molecule has 0 aliphatic carbocycles. The predicted octanol–water partition coefficient (Wildman–Crippen LogP) is 0.973. The zero-order chi connectivity index (χ0) is 15.4. The molecule has 1 aliphatic rings. The van der Waals surface area contributed by atoms with Gasteiger partial charge in [-0.2, -0.15) is 0 Å². The highest BCUT2D eigenvalue weighted by atomic mass is 16.3. The number of piperazine rings is 1. The molecule has 1 fully saturated rings. The van der Waals surface area contributed by atoms with E-state index >= 15 is 0 Å². The van der Waals surface area contributed by atoms with Gasteiger partial charge >= 0.3 is 11.8 Å². The van der Waals surface area contributed by atoms with Crippen molar-refractivity contribution in [1.29, 1.82) is 0 Å². The standard InChI is InChI=1S/C16H22N2O3/c1-3-4-12-5-7-13(8-6-12)14(19)11-18-10-9-17(2)15(20)16(18)21/h5-8,14,19H,3-4,9-11H2,1-2H3. The molecule has 1 N–H and O–H groups in total. The van der Waals surface area contributed by atoms with Crippen molar-refractivity contribution in [1.82, 2.24) is 9.80 Å². The third-order valence-electron chi connectivity index (χ3n) is 3.82. The summed E-state index contributed by atoms with van der Waals surface area (Å²) in [4.78, 5) is 26.3. The van der Waals surface area contributed by atoms with Crippen molar-refractivity contribution >= 4 is 11.8 Å². The quantitative estimate of drug-likeness (QED) is 0.822. The summed E-state index contributed by atoms with van der Waals surface area (Å²) in [5.74, 6) is -1.04. The molecule has 1 aromatic rings. The van der Waals surface area contributed by atoms with Crippen molar-refractivity contribution in [2.45, 2.75) is 25.9 Å². The van der Waals surface area contributed by atoms with Gasteiger partial charge in [0.2, 0.25) is 0 Å². The number of benzene rings is 1. The number of nitrogens with zero attached hydrogens (tertiary/aromatic N) is 2. The normalized spacial score (nSPS) is 17.3. The number of rotatable bonds is 5. The van der Waals surface area contributed by atoms with Gasteiger partial charge < -0.3 is 14.9 Å². The molecule has 2 amide bonds. The van der Waals surface area contributed by atoms with E-state index in [0.29, 0.717) is 13.1 Å². The lowest BCUT2D eigenvalue weighted by molar-refractivity contribution is -0.155. The smallest absolute Gasteiger partial charge is 0.312 e. The van der Waals surface area contributed by atoms with E-state index in [4.69, 9.17) is 0 Å². The predicted molar refractivity (Wildman–Crippen MR) is 79.6 cm³/mol. The molecular formula is C16H22N2O3. The number of likely N-dealkylation sites (N-methyl/N-ethyl adjacent to an activating group) is 1. The van der Waals surface area contributed by atoms with Crippen molar-refractivity contribution in [3.05, 3.63) is 35.4 Å². The second kappa shape index (κ2) is 6.72. The fourth-order valence-electron chi connectivity index (χ4n) is 2.46. The topological polar surface area (TPSA) is 60.9 Å². The molecular weight excluding hydrogens is 268 g/mol. The van der Waals surface area contributed by atoms with Gasteiger partial charge in [-0.3, -0.25) is 9.59 Å². The first kappa shape index (κ1) is 15.5. The van der Waals surface area contributed by atoms with Crippen LogP contribution < -0.4 is 0 Å². The maximum Gasteiger partial charge on any atom is 0.312 e. The van der Waals surface area contributed by atoms with Crippen molar-refractivity contribution in [2.75, 3.05) is 26.7 Å². The Bertz CT molecular complexity index is 513. The molecule has 1 aromatic carbocycles. The van der Waals surface area contributed by atoms with Crippen LogP contribution in [0.2, 0.25) is 0 Å². The van der Waals surface area contributed by atoms with Crippen LogP contribution in [0.15, 0.2) is 24.3 Å². The van der Waals surface area contributed by atoms with Crippen molar-refractivity contribution in [3.63, 3.8) is 0 Å². The summed E-state index contributed by atoms with van der Waals surface area (Å²) >= 11 is 0. The SMILES string of the molecule is CCCc1ccc(C(O)CN2CCN(C)C(=O)C2=O)cc1. The number of amides is 2. The first-order valence-electron chi connectivity index (χ1n) is 7.34. The highest BCUT2D eigenvalue weighted by Gasteiger charge is 2.31. The second-order valence-corrected chi connectivity index (χ2v) is 5.49. The van der Waals surface area contributed by atoms with Crippen LogP contribution >= 0.6 is 0 Å². The number of hydrogen-bond donors (Lipinski definition) is 1. The lowest BCUT2D eigenvalue weighted by atomic mass is 10.0. The summed E-state index contributed by atoms with van der Waals surface area (Å²) in [5.41, 5.74) is 2.01. The summed E-state index contributed by atoms with van der Waals surface area (Å²) in [6.45, 7) is 3.25. The van der Waals surface area contributed by atoms with Crippen LogP contribution in [0.4, 0.5) is 0 Å². The van der Waals surface area contributed by atoms with Gasteiger partial charge in [-0.05, 0) is 17.5 Å². The first-order valence-corrected chi connectivity index (χ1v) is 7.34. The lowest BCUT2D eigenvalue weighted by Gasteiger charge is -2.32. The van der Waals surface area contributed by atoms with Gasteiger partial charge in [0.25, 0.3) is 0 Å².